The first-order valence-corrected chi connectivity index (χ1v) is 7.81. The van der Waals surface area contributed by atoms with E-state index in [4.69, 9.17) is 18.0 Å². The highest BCUT2D eigenvalue weighted by molar-refractivity contribution is 7.93. The molecule has 0 radical (unpaired) electrons. The number of rotatable bonds is 4. The van der Waals surface area contributed by atoms with Crippen molar-refractivity contribution >= 4 is 43.7 Å². The Bertz CT molecular complexity index is 724. The first-order chi connectivity index (χ1) is 8.90. The Hall–Kier alpha value is -1.58. The van der Waals surface area contributed by atoms with Crippen molar-refractivity contribution in [2.75, 3.05) is 4.72 Å². The van der Waals surface area contributed by atoms with Gasteiger partial charge in [-0.2, -0.15) is 0 Å². The maximum atomic E-state index is 12.2. The van der Waals surface area contributed by atoms with Crippen LogP contribution in [0.3, 0.4) is 0 Å². The summed E-state index contributed by atoms with van der Waals surface area (Å²) in [6.07, 6.45) is 3.02. The van der Waals surface area contributed by atoms with Gasteiger partial charge in [-0.1, -0.05) is 12.2 Å². The Morgan fingerprint density at radius 2 is 2.21 bits per heavy atom. The molecule has 0 atom stereocenters. The molecule has 0 fully saturated rings. The molecule has 0 aliphatic carbocycles. The fourth-order valence-corrected chi connectivity index (χ4v) is 3.67. The second kappa shape index (κ2) is 5.19. The van der Waals surface area contributed by atoms with Crippen molar-refractivity contribution in [1.29, 1.82) is 0 Å². The third kappa shape index (κ3) is 3.06. The van der Waals surface area contributed by atoms with Crippen LogP contribution in [0.25, 0.3) is 0 Å². The van der Waals surface area contributed by atoms with Gasteiger partial charge in [0.15, 0.2) is 5.13 Å². The van der Waals surface area contributed by atoms with Crippen LogP contribution in [-0.4, -0.2) is 23.4 Å². The lowest BCUT2D eigenvalue weighted by atomic mass is 10.3. The molecule has 0 bridgehead atoms. The minimum absolute atomic E-state index is 0.0599. The molecule has 0 aliphatic heterocycles. The molecule has 19 heavy (non-hydrogen) atoms. The highest BCUT2D eigenvalue weighted by atomic mass is 32.2. The highest BCUT2D eigenvalue weighted by Gasteiger charge is 2.21. The monoisotopic (exact) mass is 314 g/mol. The van der Waals surface area contributed by atoms with Gasteiger partial charge in [0.25, 0.3) is 10.0 Å². The van der Waals surface area contributed by atoms with Crippen LogP contribution in [0.15, 0.2) is 29.4 Å². The normalized spacial score (nSPS) is 11.2. The van der Waals surface area contributed by atoms with E-state index in [9.17, 15) is 8.42 Å². The minimum atomic E-state index is -3.81. The van der Waals surface area contributed by atoms with Crippen LogP contribution < -0.4 is 10.5 Å². The number of aromatic nitrogens is 2. The maximum Gasteiger partial charge on any atom is 0.265 e. The van der Waals surface area contributed by atoms with Gasteiger partial charge in [0, 0.05) is 17.3 Å². The van der Waals surface area contributed by atoms with Gasteiger partial charge in [-0.25, -0.2) is 13.4 Å². The third-order valence-corrected chi connectivity index (χ3v) is 4.66. The zero-order valence-corrected chi connectivity index (χ0v) is 12.3. The van der Waals surface area contributed by atoms with E-state index in [0.717, 1.165) is 4.88 Å². The van der Waals surface area contributed by atoms with Gasteiger partial charge < -0.3 is 5.73 Å². The molecule has 6 nitrogen and oxygen atoms in total. The van der Waals surface area contributed by atoms with Gasteiger partial charge in [0.2, 0.25) is 0 Å². The topological polar surface area (TPSA) is 98.0 Å². The number of aryl methyl sites for hydroxylation is 1. The summed E-state index contributed by atoms with van der Waals surface area (Å²) < 4.78 is 26.8. The van der Waals surface area contributed by atoms with Crippen molar-refractivity contribution in [3.63, 3.8) is 0 Å². The van der Waals surface area contributed by atoms with Crippen molar-refractivity contribution in [2.45, 2.75) is 11.8 Å². The number of pyridine rings is 1. The summed E-state index contributed by atoms with van der Waals surface area (Å²) in [5, 5.41) is 0.287. The van der Waals surface area contributed by atoms with Crippen molar-refractivity contribution in [2.24, 2.45) is 5.73 Å². The smallest absolute Gasteiger partial charge is 0.265 e. The number of anilines is 1. The summed E-state index contributed by atoms with van der Waals surface area (Å²) >= 11 is 6.03. The molecule has 0 unspecified atom stereocenters. The van der Waals surface area contributed by atoms with Gasteiger partial charge in [0.05, 0.1) is 0 Å². The van der Waals surface area contributed by atoms with E-state index in [1.54, 1.807) is 6.20 Å². The predicted octanol–water partition coefficient (Wildman–Crippen LogP) is 1.28. The van der Waals surface area contributed by atoms with E-state index in [0.29, 0.717) is 0 Å². The average Bonchev–Trinajstić information content (AvgIpc) is 2.74. The molecule has 0 aromatic carbocycles. The van der Waals surface area contributed by atoms with Crippen molar-refractivity contribution in [3.05, 3.63) is 35.1 Å². The van der Waals surface area contributed by atoms with Crippen LogP contribution in [0.5, 0.6) is 0 Å². The second-order valence-corrected chi connectivity index (χ2v) is 6.92. The summed E-state index contributed by atoms with van der Waals surface area (Å²) in [4.78, 5) is 8.60. The molecule has 100 valence electrons. The lowest BCUT2D eigenvalue weighted by Crippen LogP contribution is -2.21. The van der Waals surface area contributed by atoms with Gasteiger partial charge in [-0.05, 0) is 19.1 Å². The first kappa shape index (κ1) is 13.8. The molecule has 9 heteroatoms. The number of sulfonamides is 1. The Balaban J connectivity index is 2.43. The Labute approximate surface area is 119 Å². The summed E-state index contributed by atoms with van der Waals surface area (Å²) in [7, 11) is -3.81. The third-order valence-electron chi connectivity index (χ3n) is 2.14. The van der Waals surface area contributed by atoms with Crippen LogP contribution in [-0.2, 0) is 10.0 Å². The summed E-state index contributed by atoms with van der Waals surface area (Å²) in [6, 6.07) is 2.90. The van der Waals surface area contributed by atoms with Gasteiger partial charge in [-0.15, -0.1) is 11.3 Å². The van der Waals surface area contributed by atoms with Crippen LogP contribution in [0.4, 0.5) is 5.13 Å². The highest BCUT2D eigenvalue weighted by Crippen LogP contribution is 2.22. The van der Waals surface area contributed by atoms with Crippen molar-refractivity contribution < 1.29 is 8.42 Å². The fraction of sp³-hybridized carbons (Fsp3) is 0.100. The number of thiocarbonyl (C=S) groups is 1. The second-order valence-electron chi connectivity index (χ2n) is 3.60. The van der Waals surface area contributed by atoms with Crippen LogP contribution >= 0.6 is 23.6 Å². The standard InChI is InChI=1S/C10H10N4O2S3/c1-6-5-13-10(18-6)14-19(15,16)7-3-2-4-12-8(7)9(11)17/h2-5H,1H3,(H2,11,17)(H,13,14). The zero-order valence-electron chi connectivity index (χ0n) is 9.82. The molecular weight excluding hydrogens is 304 g/mol. The number of nitrogens with one attached hydrogen (secondary N) is 1. The molecular formula is C10H10N4O2S3. The molecule has 0 saturated carbocycles. The van der Waals surface area contributed by atoms with Crippen molar-refractivity contribution in [1.82, 2.24) is 9.97 Å². The Morgan fingerprint density at radius 3 is 2.79 bits per heavy atom. The molecule has 3 N–H and O–H groups in total. The number of thiazole rings is 1. The molecule has 2 rings (SSSR count). The lowest BCUT2D eigenvalue weighted by molar-refractivity contribution is 0.600. The average molecular weight is 314 g/mol. The lowest BCUT2D eigenvalue weighted by Gasteiger charge is -2.08. The van der Waals surface area contributed by atoms with Crippen molar-refractivity contribution in [3.8, 4) is 0 Å². The maximum absolute atomic E-state index is 12.2. The number of nitrogens with zero attached hydrogens (tertiary/aromatic N) is 2. The Morgan fingerprint density at radius 1 is 1.47 bits per heavy atom. The van der Waals surface area contributed by atoms with E-state index in [1.807, 2.05) is 6.92 Å². The number of hydrogen-bond donors (Lipinski definition) is 2. The zero-order chi connectivity index (χ0) is 14.0. The Kier molecular flexibility index (Phi) is 3.78. The minimum Gasteiger partial charge on any atom is -0.388 e. The molecule has 2 aromatic heterocycles. The van der Waals surface area contributed by atoms with Crippen LogP contribution in [0.1, 0.15) is 10.6 Å². The fourth-order valence-electron chi connectivity index (χ4n) is 1.36. The summed E-state index contributed by atoms with van der Waals surface area (Å²) in [6.45, 7) is 1.83. The van der Waals surface area contributed by atoms with E-state index >= 15 is 0 Å². The van der Waals surface area contributed by atoms with Crippen LogP contribution in [0, 0.1) is 6.92 Å². The van der Waals surface area contributed by atoms with Crippen LogP contribution in [0.2, 0.25) is 0 Å². The molecule has 0 aliphatic rings. The summed E-state index contributed by atoms with van der Waals surface area (Å²) in [5.74, 6) is 0. The molecule has 2 heterocycles. The predicted molar refractivity (Wildman–Crippen MR) is 77.8 cm³/mol. The molecule has 0 spiro atoms. The SMILES string of the molecule is Cc1cnc(NS(=O)(=O)c2cccnc2C(N)=S)s1. The van der Waals surface area contributed by atoms with E-state index in [-0.39, 0.29) is 20.7 Å². The molecule has 0 amide bonds. The molecule has 0 saturated heterocycles. The largest absolute Gasteiger partial charge is 0.388 e. The number of nitrogens with two attached hydrogens (primary N) is 1. The number of hydrogen-bond acceptors (Lipinski definition) is 6. The first-order valence-electron chi connectivity index (χ1n) is 5.10. The van der Waals surface area contributed by atoms with E-state index in [1.165, 1.54) is 29.7 Å². The van der Waals surface area contributed by atoms with Gasteiger partial charge in [-0.3, -0.25) is 9.71 Å². The van der Waals surface area contributed by atoms with E-state index < -0.39 is 10.0 Å². The molecule has 2 aromatic rings. The van der Waals surface area contributed by atoms with E-state index in [2.05, 4.69) is 14.7 Å². The van der Waals surface area contributed by atoms with Gasteiger partial charge >= 0.3 is 0 Å². The summed E-state index contributed by atoms with van der Waals surface area (Å²) in [5.41, 5.74) is 5.54. The van der Waals surface area contributed by atoms with Gasteiger partial charge in [0.1, 0.15) is 15.6 Å². The quantitative estimate of drug-likeness (QED) is 0.825.